The normalized spacial score (nSPS) is 15.9. The van der Waals surface area contributed by atoms with Crippen LogP contribution in [0.15, 0.2) is 36.9 Å². The number of pyridine rings is 1. The Bertz CT molecular complexity index is 679. The second-order valence-corrected chi connectivity index (χ2v) is 6.57. The largest absolute Gasteiger partial charge is 0.325 e. The molecule has 0 atom stereocenters. The Kier molecular flexibility index (Phi) is 5.65. The predicted molar refractivity (Wildman–Crippen MR) is 97.4 cm³/mol. The summed E-state index contributed by atoms with van der Waals surface area (Å²) in [4.78, 5) is 20.8. The summed E-state index contributed by atoms with van der Waals surface area (Å²) in [6.45, 7) is 5.88. The average Bonchev–Trinajstić information content (AvgIpc) is 3.15. The molecule has 7 nitrogen and oxygen atoms in total. The monoisotopic (exact) mass is 342 g/mol. The highest BCUT2D eigenvalue weighted by molar-refractivity contribution is 5.90. The first-order valence-electron chi connectivity index (χ1n) is 8.77. The van der Waals surface area contributed by atoms with Gasteiger partial charge in [-0.15, -0.1) is 0 Å². The van der Waals surface area contributed by atoms with E-state index >= 15 is 0 Å². The van der Waals surface area contributed by atoms with Crippen LogP contribution < -0.4 is 5.32 Å². The first-order chi connectivity index (χ1) is 12.1. The number of likely N-dealkylation sites (tertiary alicyclic amines) is 1. The number of anilines is 1. The van der Waals surface area contributed by atoms with E-state index in [4.69, 9.17) is 0 Å². The van der Waals surface area contributed by atoms with Gasteiger partial charge in [0.15, 0.2) is 0 Å². The molecule has 1 saturated heterocycles. The number of nitrogens with one attached hydrogen (secondary N) is 1. The van der Waals surface area contributed by atoms with Crippen LogP contribution in [0.1, 0.15) is 18.4 Å². The molecule has 0 saturated carbocycles. The highest BCUT2D eigenvalue weighted by Crippen LogP contribution is 2.18. The zero-order valence-electron chi connectivity index (χ0n) is 14.9. The van der Waals surface area contributed by atoms with Crippen LogP contribution in [0.3, 0.4) is 0 Å². The molecule has 1 aliphatic rings. The van der Waals surface area contributed by atoms with E-state index in [9.17, 15) is 4.79 Å². The van der Waals surface area contributed by atoms with Gasteiger partial charge in [-0.3, -0.25) is 9.67 Å². The number of carbonyl (C=O) groups is 1. The maximum atomic E-state index is 12.5. The van der Waals surface area contributed by atoms with E-state index in [1.54, 1.807) is 12.4 Å². The zero-order valence-corrected chi connectivity index (χ0v) is 14.9. The number of piperidine rings is 1. The average molecular weight is 342 g/mol. The molecule has 1 fully saturated rings. The first-order valence-corrected chi connectivity index (χ1v) is 8.77. The van der Waals surface area contributed by atoms with E-state index in [1.165, 1.54) is 0 Å². The standard InChI is InChI=1S/C18H26N6O/c1-15-14-19-8-4-17(15)21-18(25)22(2)16-5-10-23(11-6-16)12-13-24-9-3-7-20-24/h3-4,7-9,14,16H,5-6,10-13H2,1-2H3,(H,19,21,25). The molecule has 2 aromatic heterocycles. The van der Waals surface area contributed by atoms with Crippen molar-refractivity contribution in [2.45, 2.75) is 32.4 Å². The van der Waals surface area contributed by atoms with Crippen molar-refractivity contribution in [3.8, 4) is 0 Å². The van der Waals surface area contributed by atoms with Gasteiger partial charge >= 0.3 is 6.03 Å². The summed E-state index contributed by atoms with van der Waals surface area (Å²) in [5.74, 6) is 0. The zero-order chi connectivity index (χ0) is 17.6. The van der Waals surface area contributed by atoms with Gasteiger partial charge in [-0.25, -0.2) is 4.79 Å². The van der Waals surface area contributed by atoms with E-state index in [-0.39, 0.29) is 12.1 Å². The van der Waals surface area contributed by atoms with Gasteiger partial charge in [0, 0.05) is 63.2 Å². The Balaban J connectivity index is 1.45. The number of carbonyl (C=O) groups excluding carboxylic acids is 1. The molecule has 0 spiro atoms. The summed E-state index contributed by atoms with van der Waals surface area (Å²) in [6, 6.07) is 4.01. The van der Waals surface area contributed by atoms with Crippen molar-refractivity contribution in [1.82, 2.24) is 24.6 Å². The van der Waals surface area contributed by atoms with Crippen molar-refractivity contribution in [2.24, 2.45) is 0 Å². The molecule has 0 bridgehead atoms. The number of aromatic nitrogens is 3. The second kappa shape index (κ2) is 8.11. The van der Waals surface area contributed by atoms with Crippen molar-refractivity contribution in [3.05, 3.63) is 42.5 Å². The Morgan fingerprint density at radius 1 is 1.32 bits per heavy atom. The molecule has 3 heterocycles. The van der Waals surface area contributed by atoms with Crippen LogP contribution in [-0.2, 0) is 6.54 Å². The summed E-state index contributed by atoms with van der Waals surface area (Å²) in [6.07, 6.45) is 9.25. The molecule has 25 heavy (non-hydrogen) atoms. The minimum absolute atomic E-state index is 0.0516. The number of urea groups is 1. The Labute approximate surface area is 148 Å². The van der Waals surface area contributed by atoms with Crippen molar-refractivity contribution in [3.63, 3.8) is 0 Å². The van der Waals surface area contributed by atoms with Crippen LogP contribution in [0.4, 0.5) is 10.5 Å². The summed E-state index contributed by atoms with van der Waals surface area (Å²) < 4.78 is 1.96. The highest BCUT2D eigenvalue weighted by Gasteiger charge is 2.25. The Morgan fingerprint density at radius 2 is 2.12 bits per heavy atom. The number of rotatable bonds is 5. The second-order valence-electron chi connectivity index (χ2n) is 6.57. The van der Waals surface area contributed by atoms with Crippen molar-refractivity contribution >= 4 is 11.7 Å². The fourth-order valence-electron chi connectivity index (χ4n) is 3.19. The topological polar surface area (TPSA) is 66.3 Å². The number of amides is 2. The van der Waals surface area contributed by atoms with E-state index in [0.717, 1.165) is 50.3 Å². The maximum absolute atomic E-state index is 12.5. The lowest BCUT2D eigenvalue weighted by molar-refractivity contribution is 0.138. The van der Waals surface area contributed by atoms with Crippen LogP contribution in [-0.4, -0.2) is 63.3 Å². The van der Waals surface area contributed by atoms with E-state index in [1.807, 2.05) is 48.1 Å². The van der Waals surface area contributed by atoms with E-state index < -0.39 is 0 Å². The predicted octanol–water partition coefficient (Wildman–Crippen LogP) is 2.21. The number of aryl methyl sites for hydroxylation is 1. The molecule has 0 radical (unpaired) electrons. The number of hydrogen-bond donors (Lipinski definition) is 1. The molecule has 2 aromatic rings. The van der Waals surface area contributed by atoms with Crippen molar-refractivity contribution in [1.29, 1.82) is 0 Å². The lowest BCUT2D eigenvalue weighted by atomic mass is 10.0. The van der Waals surface area contributed by atoms with Gasteiger partial charge in [0.1, 0.15) is 0 Å². The molecule has 2 amide bonds. The van der Waals surface area contributed by atoms with Crippen LogP contribution in [0.25, 0.3) is 0 Å². The van der Waals surface area contributed by atoms with Crippen LogP contribution >= 0.6 is 0 Å². The third-order valence-electron chi connectivity index (χ3n) is 4.89. The van der Waals surface area contributed by atoms with Crippen LogP contribution in [0.2, 0.25) is 0 Å². The molecule has 0 aliphatic carbocycles. The first kappa shape index (κ1) is 17.4. The third kappa shape index (κ3) is 4.57. The Morgan fingerprint density at radius 3 is 2.80 bits per heavy atom. The smallest absolute Gasteiger partial charge is 0.321 e. The number of hydrogen-bond acceptors (Lipinski definition) is 4. The molecule has 1 aliphatic heterocycles. The lowest BCUT2D eigenvalue weighted by Crippen LogP contribution is -2.47. The summed E-state index contributed by atoms with van der Waals surface area (Å²) in [7, 11) is 1.88. The van der Waals surface area contributed by atoms with Gasteiger partial charge in [-0.05, 0) is 37.5 Å². The lowest BCUT2D eigenvalue weighted by Gasteiger charge is -2.36. The fourth-order valence-corrected chi connectivity index (χ4v) is 3.19. The molecule has 0 aromatic carbocycles. The minimum Gasteiger partial charge on any atom is -0.325 e. The van der Waals surface area contributed by atoms with Gasteiger partial charge in [0.05, 0.1) is 6.54 Å². The van der Waals surface area contributed by atoms with Crippen molar-refractivity contribution < 1.29 is 4.79 Å². The van der Waals surface area contributed by atoms with Crippen LogP contribution in [0.5, 0.6) is 0 Å². The van der Waals surface area contributed by atoms with Gasteiger partial charge in [-0.1, -0.05) is 0 Å². The van der Waals surface area contributed by atoms with Gasteiger partial charge in [0.2, 0.25) is 0 Å². The van der Waals surface area contributed by atoms with Crippen molar-refractivity contribution in [2.75, 3.05) is 32.0 Å². The minimum atomic E-state index is -0.0516. The molecule has 3 rings (SSSR count). The third-order valence-corrected chi connectivity index (χ3v) is 4.89. The molecular formula is C18H26N6O. The Hall–Kier alpha value is -2.41. The number of nitrogens with zero attached hydrogens (tertiary/aromatic N) is 5. The SMILES string of the molecule is Cc1cnccc1NC(=O)N(C)C1CCN(CCn2cccn2)CC1. The molecule has 1 N–H and O–H groups in total. The summed E-state index contributed by atoms with van der Waals surface area (Å²) in [5.41, 5.74) is 1.79. The molecule has 7 heteroatoms. The van der Waals surface area contributed by atoms with Gasteiger partial charge in [-0.2, -0.15) is 5.10 Å². The highest BCUT2D eigenvalue weighted by atomic mass is 16.2. The van der Waals surface area contributed by atoms with E-state index in [0.29, 0.717) is 0 Å². The van der Waals surface area contributed by atoms with Gasteiger partial charge < -0.3 is 15.1 Å². The molecule has 134 valence electrons. The summed E-state index contributed by atoms with van der Waals surface area (Å²) >= 11 is 0. The fraction of sp³-hybridized carbons (Fsp3) is 0.500. The molecular weight excluding hydrogens is 316 g/mol. The summed E-state index contributed by atoms with van der Waals surface area (Å²) in [5, 5.41) is 7.22. The van der Waals surface area contributed by atoms with Crippen LogP contribution in [0, 0.1) is 6.92 Å². The quantitative estimate of drug-likeness (QED) is 0.905. The molecule has 0 unspecified atom stereocenters. The maximum Gasteiger partial charge on any atom is 0.321 e. The van der Waals surface area contributed by atoms with Gasteiger partial charge in [0.25, 0.3) is 0 Å². The van der Waals surface area contributed by atoms with E-state index in [2.05, 4.69) is 20.3 Å².